The highest BCUT2D eigenvalue weighted by Gasteiger charge is 2.22. The molecule has 4 heteroatoms. The monoisotopic (exact) mass is 173 g/mol. The van der Waals surface area contributed by atoms with Crippen LogP contribution in [0.3, 0.4) is 0 Å². The van der Waals surface area contributed by atoms with Gasteiger partial charge in [-0.15, -0.1) is 11.8 Å². The Bertz CT molecular complexity index is 181. The number of carbonyl (C=O) groups is 1. The van der Waals surface area contributed by atoms with Crippen LogP contribution in [0.5, 0.6) is 0 Å². The van der Waals surface area contributed by atoms with Gasteiger partial charge in [-0.1, -0.05) is 6.08 Å². The summed E-state index contributed by atoms with van der Waals surface area (Å²) in [6.07, 6.45) is 2.51. The van der Waals surface area contributed by atoms with Gasteiger partial charge >= 0.3 is 5.97 Å². The summed E-state index contributed by atoms with van der Waals surface area (Å²) in [4.78, 5) is 11.0. The zero-order chi connectivity index (χ0) is 8.27. The van der Waals surface area contributed by atoms with Gasteiger partial charge in [-0.05, 0) is 11.8 Å². The van der Waals surface area contributed by atoms with Crippen molar-refractivity contribution in [2.75, 3.05) is 7.11 Å². The fraction of sp³-hybridized carbons (Fsp3) is 0.571. The molecule has 1 aliphatic rings. The van der Waals surface area contributed by atoms with Crippen LogP contribution in [-0.2, 0) is 9.53 Å². The minimum absolute atomic E-state index is 0.0316. The summed E-state index contributed by atoms with van der Waals surface area (Å²) >= 11 is 1.54. The van der Waals surface area contributed by atoms with Gasteiger partial charge in [-0.25, -0.2) is 0 Å². The van der Waals surface area contributed by atoms with E-state index in [1.807, 2.05) is 11.5 Å². The normalized spacial score (nSPS) is 30.0. The number of rotatable bonds is 1. The first kappa shape index (κ1) is 8.62. The maximum Gasteiger partial charge on any atom is 0.312 e. The Kier molecular flexibility index (Phi) is 2.96. The molecule has 2 atom stereocenters. The van der Waals surface area contributed by atoms with Gasteiger partial charge in [0.2, 0.25) is 0 Å². The lowest BCUT2D eigenvalue weighted by Gasteiger charge is -2.18. The SMILES string of the molecule is COC(=O)C1C=CSC(N)C1. The number of esters is 1. The number of methoxy groups -OCH3 is 1. The molecule has 0 aromatic carbocycles. The van der Waals surface area contributed by atoms with E-state index in [0.717, 1.165) is 0 Å². The van der Waals surface area contributed by atoms with Gasteiger partial charge in [0.15, 0.2) is 0 Å². The van der Waals surface area contributed by atoms with Crippen molar-refractivity contribution in [2.45, 2.75) is 11.8 Å². The van der Waals surface area contributed by atoms with Crippen molar-refractivity contribution in [1.82, 2.24) is 0 Å². The van der Waals surface area contributed by atoms with Crippen molar-refractivity contribution in [1.29, 1.82) is 0 Å². The lowest BCUT2D eigenvalue weighted by atomic mass is 10.1. The molecule has 0 radical (unpaired) electrons. The number of hydrogen-bond donors (Lipinski definition) is 1. The van der Waals surface area contributed by atoms with Crippen molar-refractivity contribution < 1.29 is 9.53 Å². The second kappa shape index (κ2) is 3.78. The topological polar surface area (TPSA) is 52.3 Å². The first-order chi connectivity index (χ1) is 5.24. The lowest BCUT2D eigenvalue weighted by molar-refractivity contribution is -0.143. The molecule has 1 aliphatic heterocycles. The van der Waals surface area contributed by atoms with Crippen molar-refractivity contribution in [2.24, 2.45) is 11.7 Å². The molecule has 0 saturated heterocycles. The van der Waals surface area contributed by atoms with E-state index in [2.05, 4.69) is 4.74 Å². The number of nitrogens with two attached hydrogens (primary N) is 1. The maximum absolute atomic E-state index is 11.0. The first-order valence-corrected chi connectivity index (χ1v) is 4.34. The number of hydrogen-bond acceptors (Lipinski definition) is 4. The molecule has 0 aliphatic carbocycles. The summed E-state index contributed by atoms with van der Waals surface area (Å²) in [7, 11) is 1.39. The van der Waals surface area contributed by atoms with Crippen LogP contribution in [0.15, 0.2) is 11.5 Å². The standard InChI is InChI=1S/C7H11NO2S/c1-10-7(9)5-2-3-11-6(8)4-5/h2-3,5-6H,4,8H2,1H3. The molecule has 2 unspecified atom stereocenters. The summed E-state index contributed by atoms with van der Waals surface area (Å²) in [5.74, 6) is -0.340. The van der Waals surface area contributed by atoms with Crippen molar-refractivity contribution in [3.05, 3.63) is 11.5 Å². The molecule has 0 amide bonds. The Morgan fingerprint density at radius 1 is 1.82 bits per heavy atom. The third-order valence-electron chi connectivity index (χ3n) is 1.55. The first-order valence-electron chi connectivity index (χ1n) is 3.39. The molecule has 0 aromatic heterocycles. The third-order valence-corrected chi connectivity index (χ3v) is 2.41. The van der Waals surface area contributed by atoms with E-state index in [-0.39, 0.29) is 17.3 Å². The number of ether oxygens (including phenoxy) is 1. The van der Waals surface area contributed by atoms with Gasteiger partial charge in [0.25, 0.3) is 0 Å². The van der Waals surface area contributed by atoms with Crippen LogP contribution in [0.25, 0.3) is 0 Å². The van der Waals surface area contributed by atoms with E-state index in [1.165, 1.54) is 18.9 Å². The molecular weight excluding hydrogens is 162 g/mol. The fourth-order valence-electron chi connectivity index (χ4n) is 0.952. The molecule has 0 saturated carbocycles. The zero-order valence-corrected chi connectivity index (χ0v) is 7.14. The zero-order valence-electron chi connectivity index (χ0n) is 6.32. The maximum atomic E-state index is 11.0. The molecule has 0 aromatic rings. The summed E-state index contributed by atoms with van der Waals surface area (Å²) in [6.45, 7) is 0. The van der Waals surface area contributed by atoms with Crippen LogP contribution >= 0.6 is 11.8 Å². The van der Waals surface area contributed by atoms with Crippen LogP contribution in [0.1, 0.15) is 6.42 Å². The molecule has 3 nitrogen and oxygen atoms in total. The predicted molar refractivity (Wildman–Crippen MR) is 44.8 cm³/mol. The quantitative estimate of drug-likeness (QED) is 0.593. The Labute approximate surface area is 70.0 Å². The highest BCUT2D eigenvalue weighted by molar-refractivity contribution is 8.02. The summed E-state index contributed by atoms with van der Waals surface area (Å²) in [5.41, 5.74) is 5.62. The average Bonchev–Trinajstić information content (AvgIpc) is 2.03. The second-order valence-corrected chi connectivity index (χ2v) is 3.52. The van der Waals surface area contributed by atoms with E-state index in [4.69, 9.17) is 5.73 Å². The van der Waals surface area contributed by atoms with E-state index >= 15 is 0 Å². The molecule has 0 bridgehead atoms. The van der Waals surface area contributed by atoms with Gasteiger partial charge in [0, 0.05) is 0 Å². The highest BCUT2D eigenvalue weighted by atomic mass is 32.2. The van der Waals surface area contributed by atoms with E-state index in [1.54, 1.807) is 0 Å². The molecule has 1 rings (SSSR count). The van der Waals surface area contributed by atoms with Gasteiger partial charge in [0.05, 0.1) is 18.4 Å². The van der Waals surface area contributed by atoms with Gasteiger partial charge in [-0.2, -0.15) is 0 Å². The molecule has 62 valence electrons. The number of thioether (sulfide) groups is 1. The third kappa shape index (κ3) is 2.24. The minimum Gasteiger partial charge on any atom is -0.469 e. The number of carbonyl (C=O) groups excluding carboxylic acids is 1. The van der Waals surface area contributed by atoms with Crippen LogP contribution in [-0.4, -0.2) is 18.5 Å². The van der Waals surface area contributed by atoms with Gasteiger partial charge in [-0.3, -0.25) is 4.79 Å². The van der Waals surface area contributed by atoms with Crippen molar-refractivity contribution >= 4 is 17.7 Å². The predicted octanol–water partition coefficient (Wildman–Crippen LogP) is 0.711. The Hall–Kier alpha value is -0.480. The minimum atomic E-state index is -0.197. The van der Waals surface area contributed by atoms with Gasteiger partial charge < -0.3 is 10.5 Å². The molecule has 0 fully saturated rings. The fourth-order valence-corrected chi connectivity index (χ4v) is 1.75. The van der Waals surface area contributed by atoms with Crippen LogP contribution in [0, 0.1) is 5.92 Å². The summed E-state index contributed by atoms with van der Waals surface area (Å²) in [6, 6.07) is 0. The van der Waals surface area contributed by atoms with E-state index in [9.17, 15) is 4.79 Å². The highest BCUT2D eigenvalue weighted by Crippen LogP contribution is 2.24. The van der Waals surface area contributed by atoms with Crippen molar-refractivity contribution in [3.8, 4) is 0 Å². The van der Waals surface area contributed by atoms with Gasteiger partial charge in [0.1, 0.15) is 0 Å². The average molecular weight is 173 g/mol. The summed E-state index contributed by atoms with van der Waals surface area (Å²) in [5, 5.41) is 1.89. The largest absolute Gasteiger partial charge is 0.469 e. The Morgan fingerprint density at radius 2 is 2.55 bits per heavy atom. The molecular formula is C7H11NO2S. The van der Waals surface area contributed by atoms with Crippen molar-refractivity contribution in [3.63, 3.8) is 0 Å². The lowest BCUT2D eigenvalue weighted by Crippen LogP contribution is -2.26. The second-order valence-electron chi connectivity index (χ2n) is 2.37. The Balaban J connectivity index is 2.52. The van der Waals surface area contributed by atoms with Crippen LogP contribution in [0.2, 0.25) is 0 Å². The van der Waals surface area contributed by atoms with E-state index < -0.39 is 0 Å². The van der Waals surface area contributed by atoms with E-state index in [0.29, 0.717) is 6.42 Å². The van der Waals surface area contributed by atoms with Crippen LogP contribution < -0.4 is 5.73 Å². The summed E-state index contributed by atoms with van der Waals surface area (Å²) < 4.78 is 4.58. The van der Waals surface area contributed by atoms with Crippen LogP contribution in [0.4, 0.5) is 0 Å². The Morgan fingerprint density at radius 3 is 3.09 bits per heavy atom. The molecule has 11 heavy (non-hydrogen) atoms. The molecule has 1 heterocycles. The molecule has 2 N–H and O–H groups in total. The smallest absolute Gasteiger partial charge is 0.312 e. The molecule has 0 spiro atoms.